The molecule has 0 radical (unpaired) electrons. The van der Waals surface area contributed by atoms with Gasteiger partial charge >= 0.3 is 0 Å². The molecule has 0 saturated heterocycles. The second-order valence-corrected chi connectivity index (χ2v) is 4.76. The van der Waals surface area contributed by atoms with Crippen LogP contribution in [-0.4, -0.2) is 19.0 Å². The van der Waals surface area contributed by atoms with Crippen molar-refractivity contribution in [2.45, 2.75) is 32.3 Å². The minimum atomic E-state index is 0.641. The molecular weight excluding hydrogens is 280 g/mol. The van der Waals surface area contributed by atoms with E-state index in [1.54, 1.807) is 7.11 Å². The molecule has 0 amide bonds. The lowest BCUT2D eigenvalue weighted by atomic mass is 10.2. The average molecular weight is 301 g/mol. The monoisotopic (exact) mass is 300 g/mol. The first-order valence-electron chi connectivity index (χ1n) is 6.14. The highest BCUT2D eigenvalue weighted by molar-refractivity contribution is 9.09. The van der Waals surface area contributed by atoms with E-state index in [9.17, 15) is 0 Å². The number of benzene rings is 1. The zero-order valence-electron chi connectivity index (χ0n) is 10.5. The zero-order chi connectivity index (χ0) is 12.3. The number of unbranched alkanes of at least 4 members (excludes halogenated alkanes) is 3. The lowest BCUT2D eigenvalue weighted by Crippen LogP contribution is -1.98. The van der Waals surface area contributed by atoms with E-state index in [0.29, 0.717) is 6.61 Å². The van der Waals surface area contributed by atoms with Crippen molar-refractivity contribution in [1.82, 2.24) is 0 Å². The maximum Gasteiger partial charge on any atom is 0.124 e. The van der Waals surface area contributed by atoms with Crippen molar-refractivity contribution in [3.8, 4) is 5.75 Å². The highest BCUT2D eigenvalue weighted by Crippen LogP contribution is 2.18. The topological polar surface area (TPSA) is 18.5 Å². The van der Waals surface area contributed by atoms with Gasteiger partial charge in [-0.25, -0.2) is 0 Å². The first-order valence-corrected chi connectivity index (χ1v) is 7.26. The van der Waals surface area contributed by atoms with Gasteiger partial charge in [0.25, 0.3) is 0 Å². The molecule has 3 heteroatoms. The first kappa shape index (κ1) is 14.5. The molecule has 0 fully saturated rings. The van der Waals surface area contributed by atoms with Gasteiger partial charge in [-0.3, -0.25) is 0 Å². The quantitative estimate of drug-likeness (QED) is 0.503. The van der Waals surface area contributed by atoms with Crippen LogP contribution in [0.4, 0.5) is 0 Å². The Labute approximate surface area is 112 Å². The van der Waals surface area contributed by atoms with Gasteiger partial charge in [0.05, 0.1) is 13.7 Å². The summed E-state index contributed by atoms with van der Waals surface area (Å²) in [7, 11) is 1.69. The van der Waals surface area contributed by atoms with Crippen molar-refractivity contribution in [2.75, 3.05) is 19.0 Å². The third-order valence-electron chi connectivity index (χ3n) is 2.62. The number of halogens is 1. The van der Waals surface area contributed by atoms with Gasteiger partial charge in [0.1, 0.15) is 5.75 Å². The smallest absolute Gasteiger partial charge is 0.124 e. The molecule has 0 aliphatic heterocycles. The van der Waals surface area contributed by atoms with Crippen molar-refractivity contribution in [2.24, 2.45) is 0 Å². The van der Waals surface area contributed by atoms with Gasteiger partial charge in [-0.2, -0.15) is 0 Å². The van der Waals surface area contributed by atoms with Crippen molar-refractivity contribution in [1.29, 1.82) is 0 Å². The zero-order valence-corrected chi connectivity index (χ0v) is 12.0. The molecule has 1 aromatic rings. The summed E-state index contributed by atoms with van der Waals surface area (Å²) in [6, 6.07) is 8.00. The number of hydrogen-bond donors (Lipinski definition) is 0. The van der Waals surface area contributed by atoms with Crippen LogP contribution in [0, 0.1) is 0 Å². The molecule has 0 aliphatic rings. The standard InChI is InChI=1S/C14H21BrO2/c1-16-14-9-5-4-8-13(14)12-17-11-7-3-2-6-10-15/h4-5,8-9H,2-3,6-7,10-12H2,1H3. The molecule has 0 unspecified atom stereocenters. The van der Waals surface area contributed by atoms with E-state index in [0.717, 1.165) is 29.7 Å². The van der Waals surface area contributed by atoms with Crippen LogP contribution in [0.3, 0.4) is 0 Å². The predicted octanol–water partition coefficient (Wildman–Crippen LogP) is 4.17. The summed E-state index contributed by atoms with van der Waals surface area (Å²) in [5, 5.41) is 1.11. The van der Waals surface area contributed by atoms with Crippen LogP contribution in [0.1, 0.15) is 31.2 Å². The molecule has 1 rings (SSSR count). The van der Waals surface area contributed by atoms with Gasteiger partial charge in [0.2, 0.25) is 0 Å². The normalized spacial score (nSPS) is 10.5. The SMILES string of the molecule is COc1ccccc1COCCCCCCBr. The molecule has 0 saturated carbocycles. The van der Waals surface area contributed by atoms with E-state index < -0.39 is 0 Å². The number of hydrogen-bond acceptors (Lipinski definition) is 2. The van der Waals surface area contributed by atoms with Crippen molar-refractivity contribution in [3.63, 3.8) is 0 Å². The van der Waals surface area contributed by atoms with Crippen LogP contribution in [0.5, 0.6) is 5.75 Å². The summed E-state index contributed by atoms with van der Waals surface area (Å²) in [6.45, 7) is 1.47. The molecule has 2 nitrogen and oxygen atoms in total. The van der Waals surface area contributed by atoms with Gasteiger partial charge in [0.15, 0.2) is 0 Å². The van der Waals surface area contributed by atoms with Crippen LogP contribution in [0.15, 0.2) is 24.3 Å². The third kappa shape index (κ3) is 6.08. The van der Waals surface area contributed by atoms with Crippen LogP contribution in [0.25, 0.3) is 0 Å². The third-order valence-corrected chi connectivity index (χ3v) is 3.18. The second-order valence-electron chi connectivity index (χ2n) is 3.97. The minimum absolute atomic E-state index is 0.641. The predicted molar refractivity (Wildman–Crippen MR) is 74.9 cm³/mol. The number of para-hydroxylation sites is 1. The number of rotatable bonds is 9. The lowest BCUT2D eigenvalue weighted by Gasteiger charge is -2.08. The summed E-state index contributed by atoms with van der Waals surface area (Å²) in [5.41, 5.74) is 1.12. The van der Waals surface area contributed by atoms with E-state index in [1.165, 1.54) is 19.3 Å². The summed E-state index contributed by atoms with van der Waals surface area (Å²) < 4.78 is 10.9. The van der Waals surface area contributed by atoms with Gasteiger partial charge in [-0.1, -0.05) is 47.0 Å². The average Bonchev–Trinajstić information content (AvgIpc) is 2.38. The van der Waals surface area contributed by atoms with E-state index in [-0.39, 0.29) is 0 Å². The Hall–Kier alpha value is -0.540. The van der Waals surface area contributed by atoms with Crippen LogP contribution >= 0.6 is 15.9 Å². The molecule has 0 heterocycles. The summed E-state index contributed by atoms with van der Waals surface area (Å²) in [4.78, 5) is 0. The maximum absolute atomic E-state index is 5.65. The molecule has 17 heavy (non-hydrogen) atoms. The fraction of sp³-hybridized carbons (Fsp3) is 0.571. The maximum atomic E-state index is 5.65. The Bertz CT molecular complexity index is 302. The van der Waals surface area contributed by atoms with Gasteiger partial charge in [-0.15, -0.1) is 0 Å². The second kappa shape index (κ2) is 9.49. The summed E-state index contributed by atoms with van der Waals surface area (Å²) >= 11 is 3.43. The van der Waals surface area contributed by atoms with Crippen LogP contribution in [-0.2, 0) is 11.3 Å². The summed E-state index contributed by atoms with van der Waals surface area (Å²) in [6.07, 6.45) is 4.93. The first-order chi connectivity index (χ1) is 8.38. The minimum Gasteiger partial charge on any atom is -0.496 e. The Morgan fingerprint density at radius 3 is 2.59 bits per heavy atom. The largest absolute Gasteiger partial charge is 0.496 e. The van der Waals surface area contributed by atoms with E-state index in [1.807, 2.05) is 24.3 Å². The lowest BCUT2D eigenvalue weighted by molar-refractivity contribution is 0.115. The molecule has 0 atom stereocenters. The van der Waals surface area contributed by atoms with Crippen molar-refractivity contribution >= 4 is 15.9 Å². The molecular formula is C14H21BrO2. The molecule has 0 bridgehead atoms. The van der Waals surface area contributed by atoms with Gasteiger partial charge < -0.3 is 9.47 Å². The highest BCUT2D eigenvalue weighted by Gasteiger charge is 2.00. The summed E-state index contributed by atoms with van der Waals surface area (Å²) in [5.74, 6) is 0.909. The van der Waals surface area contributed by atoms with E-state index in [2.05, 4.69) is 15.9 Å². The Balaban J connectivity index is 2.13. The van der Waals surface area contributed by atoms with Crippen LogP contribution < -0.4 is 4.74 Å². The van der Waals surface area contributed by atoms with E-state index >= 15 is 0 Å². The Kier molecular flexibility index (Phi) is 8.10. The molecule has 0 spiro atoms. The van der Waals surface area contributed by atoms with Gasteiger partial charge in [-0.05, 0) is 18.9 Å². The van der Waals surface area contributed by atoms with Crippen LogP contribution in [0.2, 0.25) is 0 Å². The fourth-order valence-electron chi connectivity index (χ4n) is 1.66. The molecule has 0 aromatic heterocycles. The molecule has 96 valence electrons. The Morgan fingerprint density at radius 1 is 1.06 bits per heavy atom. The molecule has 0 N–H and O–H groups in total. The van der Waals surface area contributed by atoms with E-state index in [4.69, 9.17) is 9.47 Å². The van der Waals surface area contributed by atoms with Gasteiger partial charge in [0, 0.05) is 17.5 Å². The van der Waals surface area contributed by atoms with Crippen molar-refractivity contribution in [3.05, 3.63) is 29.8 Å². The van der Waals surface area contributed by atoms with Crippen molar-refractivity contribution < 1.29 is 9.47 Å². The number of ether oxygens (including phenoxy) is 2. The Morgan fingerprint density at radius 2 is 1.82 bits per heavy atom. The number of alkyl halides is 1. The highest BCUT2D eigenvalue weighted by atomic mass is 79.9. The molecule has 1 aromatic carbocycles. The molecule has 0 aliphatic carbocycles. The number of methoxy groups -OCH3 is 1. The fourth-order valence-corrected chi connectivity index (χ4v) is 2.05.